The van der Waals surface area contributed by atoms with Crippen molar-refractivity contribution in [3.05, 3.63) is 36.0 Å². The standard InChI is InChI=1S/C20H25N3O5/c1-3-27-20(26)16-10-21-17-7-5-4-6-15(17)19(16)23-8-9-28-14(12-23)11-22(2)13-18(24)25/h4-7,10,14H,3,8-9,11-13H2,1-2H3,(H,24,25). The average molecular weight is 387 g/mol. The minimum absolute atomic E-state index is 0.0495. The highest BCUT2D eigenvalue weighted by atomic mass is 16.5. The first-order valence-corrected chi connectivity index (χ1v) is 9.31. The first-order valence-electron chi connectivity index (χ1n) is 9.31. The van der Waals surface area contributed by atoms with Crippen LogP contribution in [-0.4, -0.2) is 79.5 Å². The van der Waals surface area contributed by atoms with E-state index in [1.165, 1.54) is 0 Å². The molecule has 0 spiro atoms. The van der Waals surface area contributed by atoms with Crippen molar-refractivity contribution in [2.45, 2.75) is 13.0 Å². The molecule has 3 rings (SSSR count). The lowest BCUT2D eigenvalue weighted by atomic mass is 10.1. The number of likely N-dealkylation sites (N-methyl/N-ethyl adjacent to an activating group) is 1. The first kappa shape index (κ1) is 20.0. The Labute approximate surface area is 163 Å². The molecule has 1 aliphatic rings. The number of esters is 1. The van der Waals surface area contributed by atoms with E-state index < -0.39 is 11.9 Å². The van der Waals surface area contributed by atoms with Crippen molar-refractivity contribution in [3.8, 4) is 0 Å². The molecule has 1 atom stereocenters. The van der Waals surface area contributed by atoms with Crippen LogP contribution in [0.5, 0.6) is 0 Å². The van der Waals surface area contributed by atoms with E-state index >= 15 is 0 Å². The van der Waals surface area contributed by atoms with Crippen LogP contribution in [0.15, 0.2) is 30.5 Å². The van der Waals surface area contributed by atoms with Gasteiger partial charge >= 0.3 is 11.9 Å². The van der Waals surface area contributed by atoms with Crippen molar-refractivity contribution in [2.75, 3.05) is 51.3 Å². The summed E-state index contributed by atoms with van der Waals surface area (Å²) in [4.78, 5) is 31.7. The third-order valence-corrected chi connectivity index (χ3v) is 4.62. The highest BCUT2D eigenvalue weighted by Gasteiger charge is 2.27. The summed E-state index contributed by atoms with van der Waals surface area (Å²) in [5.74, 6) is -1.28. The summed E-state index contributed by atoms with van der Waals surface area (Å²) < 4.78 is 11.1. The van der Waals surface area contributed by atoms with Crippen molar-refractivity contribution in [1.82, 2.24) is 9.88 Å². The largest absolute Gasteiger partial charge is 0.480 e. The lowest BCUT2D eigenvalue weighted by molar-refractivity contribution is -0.138. The van der Waals surface area contributed by atoms with Crippen LogP contribution >= 0.6 is 0 Å². The number of carboxylic acid groups (broad SMARTS) is 1. The first-order chi connectivity index (χ1) is 13.5. The van der Waals surface area contributed by atoms with Crippen molar-refractivity contribution in [3.63, 3.8) is 0 Å². The molecule has 1 fully saturated rings. The summed E-state index contributed by atoms with van der Waals surface area (Å²) in [6, 6.07) is 7.68. The number of aliphatic carboxylic acids is 1. The Bertz CT molecular complexity index is 857. The number of rotatable bonds is 7. The predicted molar refractivity (Wildman–Crippen MR) is 105 cm³/mol. The van der Waals surface area contributed by atoms with Crippen LogP contribution in [0, 0.1) is 0 Å². The molecule has 1 aromatic heterocycles. The summed E-state index contributed by atoms with van der Waals surface area (Å²) in [6.07, 6.45) is 1.40. The molecule has 150 valence electrons. The molecule has 28 heavy (non-hydrogen) atoms. The normalized spacial score (nSPS) is 17.1. The molecule has 1 aliphatic heterocycles. The lowest BCUT2D eigenvalue weighted by Gasteiger charge is -2.37. The summed E-state index contributed by atoms with van der Waals surface area (Å²) in [5, 5.41) is 9.84. The fourth-order valence-electron chi connectivity index (χ4n) is 3.50. The molecule has 0 amide bonds. The van der Waals surface area contributed by atoms with Crippen LogP contribution in [0.3, 0.4) is 0 Å². The maximum Gasteiger partial charge on any atom is 0.341 e. The van der Waals surface area contributed by atoms with E-state index in [0.717, 1.165) is 16.6 Å². The molecule has 0 bridgehead atoms. The number of anilines is 1. The van der Waals surface area contributed by atoms with Crippen molar-refractivity contribution in [2.24, 2.45) is 0 Å². The van der Waals surface area contributed by atoms with Crippen LogP contribution in [0.2, 0.25) is 0 Å². The van der Waals surface area contributed by atoms with Crippen LogP contribution in [0.1, 0.15) is 17.3 Å². The SMILES string of the molecule is CCOC(=O)c1cnc2ccccc2c1N1CCOC(CN(C)CC(=O)O)C1. The van der Waals surface area contributed by atoms with Gasteiger partial charge in [0.2, 0.25) is 0 Å². The smallest absolute Gasteiger partial charge is 0.341 e. The molecule has 8 heteroatoms. The molecule has 8 nitrogen and oxygen atoms in total. The number of hydrogen-bond donors (Lipinski definition) is 1. The van der Waals surface area contributed by atoms with Gasteiger partial charge in [-0.15, -0.1) is 0 Å². The number of morpholine rings is 1. The second-order valence-electron chi connectivity index (χ2n) is 6.79. The summed E-state index contributed by atoms with van der Waals surface area (Å²) in [5.41, 5.74) is 2.02. The second kappa shape index (κ2) is 8.99. The molecule has 1 saturated heterocycles. The van der Waals surface area contributed by atoms with Gasteiger partial charge in [0.05, 0.1) is 37.1 Å². The van der Waals surface area contributed by atoms with Gasteiger partial charge in [-0.05, 0) is 20.0 Å². The van der Waals surface area contributed by atoms with Gasteiger partial charge in [-0.1, -0.05) is 18.2 Å². The Balaban J connectivity index is 1.91. The minimum Gasteiger partial charge on any atom is -0.480 e. The number of hydrogen-bond acceptors (Lipinski definition) is 7. The average Bonchev–Trinajstić information content (AvgIpc) is 2.66. The Hall–Kier alpha value is -2.71. The topological polar surface area (TPSA) is 92.2 Å². The van der Waals surface area contributed by atoms with E-state index in [1.54, 1.807) is 25.1 Å². The van der Waals surface area contributed by atoms with Gasteiger partial charge in [0.15, 0.2) is 0 Å². The molecule has 1 N–H and O–H groups in total. The summed E-state index contributed by atoms with van der Waals surface area (Å²) in [7, 11) is 1.75. The van der Waals surface area contributed by atoms with Crippen LogP contribution in [-0.2, 0) is 14.3 Å². The van der Waals surface area contributed by atoms with E-state index in [-0.39, 0.29) is 19.3 Å². The zero-order valence-electron chi connectivity index (χ0n) is 16.1. The van der Waals surface area contributed by atoms with Crippen LogP contribution in [0.4, 0.5) is 5.69 Å². The molecule has 0 aliphatic carbocycles. The van der Waals surface area contributed by atoms with Gasteiger partial charge in [-0.3, -0.25) is 14.7 Å². The quantitative estimate of drug-likeness (QED) is 0.717. The van der Waals surface area contributed by atoms with E-state index in [2.05, 4.69) is 9.88 Å². The van der Waals surface area contributed by atoms with E-state index in [1.807, 2.05) is 24.3 Å². The van der Waals surface area contributed by atoms with Gasteiger partial charge in [-0.2, -0.15) is 0 Å². The van der Waals surface area contributed by atoms with Gasteiger partial charge in [0.1, 0.15) is 5.56 Å². The maximum absolute atomic E-state index is 12.5. The maximum atomic E-state index is 12.5. The van der Waals surface area contributed by atoms with E-state index in [9.17, 15) is 9.59 Å². The minimum atomic E-state index is -0.875. The second-order valence-corrected chi connectivity index (χ2v) is 6.79. The number of pyridine rings is 1. The van der Waals surface area contributed by atoms with Crippen molar-refractivity contribution in [1.29, 1.82) is 0 Å². The molecule has 1 aromatic carbocycles. The number of carbonyl (C=O) groups is 2. The van der Waals surface area contributed by atoms with Gasteiger partial charge in [0.25, 0.3) is 0 Å². The van der Waals surface area contributed by atoms with Crippen LogP contribution in [0.25, 0.3) is 10.9 Å². The van der Waals surface area contributed by atoms with Crippen LogP contribution < -0.4 is 4.90 Å². The van der Waals surface area contributed by atoms with Gasteiger partial charge in [0, 0.05) is 31.2 Å². The highest BCUT2D eigenvalue weighted by molar-refractivity contribution is 6.05. The highest BCUT2D eigenvalue weighted by Crippen LogP contribution is 2.31. The Kier molecular flexibility index (Phi) is 6.43. The molecule has 1 unspecified atom stereocenters. The fourth-order valence-corrected chi connectivity index (χ4v) is 3.50. The molecular formula is C20H25N3O5. The van der Waals surface area contributed by atoms with E-state index in [0.29, 0.717) is 31.8 Å². The number of para-hydroxylation sites is 1. The zero-order valence-corrected chi connectivity index (χ0v) is 16.1. The number of carboxylic acids is 1. The van der Waals surface area contributed by atoms with E-state index in [4.69, 9.17) is 14.6 Å². The zero-order chi connectivity index (χ0) is 20.1. The fraction of sp³-hybridized carbons (Fsp3) is 0.450. The van der Waals surface area contributed by atoms with Crippen molar-refractivity contribution >= 4 is 28.5 Å². The summed E-state index contributed by atoms with van der Waals surface area (Å²) >= 11 is 0. The number of nitrogens with zero attached hydrogens (tertiary/aromatic N) is 3. The molecule has 0 radical (unpaired) electrons. The number of ether oxygens (including phenoxy) is 2. The number of aromatic nitrogens is 1. The Morgan fingerprint density at radius 3 is 2.93 bits per heavy atom. The molecule has 0 saturated carbocycles. The van der Waals surface area contributed by atoms with Gasteiger partial charge in [-0.25, -0.2) is 4.79 Å². The number of benzene rings is 1. The predicted octanol–water partition coefficient (Wildman–Crippen LogP) is 1.63. The molecular weight excluding hydrogens is 362 g/mol. The summed E-state index contributed by atoms with van der Waals surface area (Å²) in [6.45, 7) is 4.16. The number of carbonyl (C=O) groups excluding carboxylic acids is 1. The lowest BCUT2D eigenvalue weighted by Crippen LogP contribution is -2.48. The third-order valence-electron chi connectivity index (χ3n) is 4.62. The number of fused-ring (bicyclic) bond motifs is 1. The van der Waals surface area contributed by atoms with Crippen molar-refractivity contribution < 1.29 is 24.2 Å². The molecule has 2 aromatic rings. The Morgan fingerprint density at radius 2 is 2.18 bits per heavy atom. The Morgan fingerprint density at radius 1 is 1.39 bits per heavy atom. The molecule has 2 heterocycles. The third kappa shape index (κ3) is 4.58. The monoisotopic (exact) mass is 387 g/mol. The van der Waals surface area contributed by atoms with Gasteiger partial charge < -0.3 is 19.5 Å².